The molecule has 0 aromatic carbocycles. The van der Waals surface area contributed by atoms with E-state index in [1.54, 1.807) is 6.92 Å². The van der Waals surface area contributed by atoms with Crippen LogP contribution >= 0.6 is 0 Å². The summed E-state index contributed by atoms with van der Waals surface area (Å²) in [7, 11) is 1.45. The molecule has 0 saturated carbocycles. The summed E-state index contributed by atoms with van der Waals surface area (Å²) in [4.78, 5) is 27.4. The summed E-state index contributed by atoms with van der Waals surface area (Å²) in [5.74, 6) is -4.08. The number of nitrogens with zero attached hydrogens (tertiary/aromatic N) is 4. The number of alkyl halides is 2. The van der Waals surface area contributed by atoms with Crippen molar-refractivity contribution in [1.29, 1.82) is 0 Å². The number of amides is 2. The van der Waals surface area contributed by atoms with Gasteiger partial charge in [-0.15, -0.1) is 0 Å². The third kappa shape index (κ3) is 4.99. The minimum atomic E-state index is -3.23. The minimum Gasteiger partial charge on any atom is -0.341 e. The van der Waals surface area contributed by atoms with E-state index in [1.165, 1.54) is 37.5 Å². The van der Waals surface area contributed by atoms with Gasteiger partial charge in [0.05, 0.1) is 17.6 Å². The van der Waals surface area contributed by atoms with Crippen molar-refractivity contribution in [2.24, 2.45) is 0 Å². The average Bonchev–Trinajstić information content (AvgIpc) is 2.68. The van der Waals surface area contributed by atoms with E-state index in [9.17, 15) is 18.0 Å². The maximum Gasteiger partial charge on any atom is 0.320 e. The van der Waals surface area contributed by atoms with E-state index in [-0.39, 0.29) is 11.6 Å². The lowest BCUT2D eigenvalue weighted by atomic mass is 10.1. The van der Waals surface area contributed by atoms with Crippen molar-refractivity contribution >= 4 is 23.4 Å². The number of carbonyl (C=O) groups is 1. The molecule has 156 valence electrons. The number of aromatic nitrogens is 4. The molecule has 0 bridgehead atoms. The first-order valence-electron chi connectivity index (χ1n) is 8.77. The predicted molar refractivity (Wildman–Crippen MR) is 105 cm³/mol. The summed E-state index contributed by atoms with van der Waals surface area (Å²) in [6, 6.07) is 5.15. The lowest BCUT2D eigenvalue weighted by molar-refractivity contribution is 0.00766. The van der Waals surface area contributed by atoms with Crippen molar-refractivity contribution < 1.29 is 18.0 Å². The van der Waals surface area contributed by atoms with E-state index in [1.807, 2.05) is 0 Å². The van der Waals surface area contributed by atoms with Gasteiger partial charge in [0.15, 0.2) is 0 Å². The van der Waals surface area contributed by atoms with E-state index in [0.29, 0.717) is 29.6 Å². The van der Waals surface area contributed by atoms with Crippen LogP contribution in [0.25, 0.3) is 11.3 Å². The van der Waals surface area contributed by atoms with Crippen LogP contribution in [-0.4, -0.2) is 33.0 Å². The van der Waals surface area contributed by atoms with Gasteiger partial charge in [-0.2, -0.15) is 8.78 Å². The first-order valence-corrected chi connectivity index (χ1v) is 8.77. The maximum absolute atomic E-state index is 13.7. The van der Waals surface area contributed by atoms with E-state index >= 15 is 0 Å². The number of hydrogen-bond donors (Lipinski definition) is 3. The normalized spacial score (nSPS) is 11.1. The van der Waals surface area contributed by atoms with Crippen molar-refractivity contribution in [2.75, 3.05) is 17.7 Å². The molecule has 0 unspecified atom stereocenters. The molecule has 3 aromatic heterocycles. The number of aryl methyl sites for hydroxylation is 1. The monoisotopic (exact) mass is 417 g/mol. The number of anilines is 3. The number of rotatable bonds is 5. The molecule has 0 aliphatic rings. The van der Waals surface area contributed by atoms with Crippen LogP contribution in [-0.2, 0) is 5.92 Å². The number of pyridine rings is 2. The third-order valence-electron chi connectivity index (χ3n) is 3.89. The molecule has 3 rings (SSSR count). The van der Waals surface area contributed by atoms with Crippen molar-refractivity contribution in [3.05, 3.63) is 54.0 Å². The topological polar surface area (TPSA) is 105 Å². The van der Waals surface area contributed by atoms with E-state index in [0.717, 1.165) is 6.20 Å². The van der Waals surface area contributed by atoms with Crippen LogP contribution in [0, 0.1) is 12.7 Å². The minimum absolute atomic E-state index is 0.111. The molecule has 3 heterocycles. The first-order chi connectivity index (χ1) is 14.2. The van der Waals surface area contributed by atoms with Gasteiger partial charge in [-0.1, -0.05) is 0 Å². The van der Waals surface area contributed by atoms with Gasteiger partial charge in [0.25, 0.3) is 0 Å². The van der Waals surface area contributed by atoms with Crippen LogP contribution < -0.4 is 16.0 Å². The summed E-state index contributed by atoms with van der Waals surface area (Å²) in [5, 5.41) is 7.86. The Morgan fingerprint density at radius 3 is 2.47 bits per heavy atom. The maximum atomic E-state index is 13.7. The fourth-order valence-corrected chi connectivity index (χ4v) is 2.51. The molecule has 3 aromatic rings. The zero-order valence-corrected chi connectivity index (χ0v) is 16.3. The van der Waals surface area contributed by atoms with Gasteiger partial charge in [0.1, 0.15) is 17.5 Å². The van der Waals surface area contributed by atoms with Gasteiger partial charge < -0.3 is 10.6 Å². The lowest BCUT2D eigenvalue weighted by Gasteiger charge is -2.15. The van der Waals surface area contributed by atoms with Gasteiger partial charge in [0.2, 0.25) is 5.82 Å². The number of hydrogen-bond acceptors (Lipinski definition) is 6. The molecule has 2 amide bonds. The summed E-state index contributed by atoms with van der Waals surface area (Å²) in [5.41, 5.74) is 1.52. The molecule has 30 heavy (non-hydrogen) atoms. The van der Waals surface area contributed by atoms with Gasteiger partial charge in [0, 0.05) is 43.6 Å². The molecule has 0 fully saturated rings. The quantitative estimate of drug-likeness (QED) is 0.580. The molecule has 0 aliphatic heterocycles. The fraction of sp³-hybridized carbons (Fsp3) is 0.211. The van der Waals surface area contributed by atoms with Crippen molar-refractivity contribution in [2.45, 2.75) is 19.8 Å². The number of carbonyl (C=O) groups excluding carboxylic acids is 1. The van der Waals surface area contributed by atoms with E-state index in [2.05, 4.69) is 35.9 Å². The Bertz CT molecular complexity index is 1070. The average molecular weight is 417 g/mol. The van der Waals surface area contributed by atoms with Gasteiger partial charge in [-0.25, -0.2) is 24.1 Å². The molecule has 0 aliphatic carbocycles. The lowest BCUT2D eigenvalue weighted by Crippen LogP contribution is -2.25. The van der Waals surface area contributed by atoms with Crippen molar-refractivity contribution in [3.8, 4) is 11.3 Å². The molecule has 3 N–H and O–H groups in total. The third-order valence-corrected chi connectivity index (χ3v) is 3.89. The van der Waals surface area contributed by atoms with Crippen LogP contribution in [0.2, 0.25) is 0 Å². The molecular weight excluding hydrogens is 399 g/mol. The number of urea groups is 1. The Kier molecular flexibility index (Phi) is 5.81. The Hall–Kier alpha value is -3.76. The summed E-state index contributed by atoms with van der Waals surface area (Å²) in [6.45, 7) is 2.27. The second kappa shape index (κ2) is 8.31. The summed E-state index contributed by atoms with van der Waals surface area (Å²) >= 11 is 0. The Labute approximate surface area is 170 Å². The van der Waals surface area contributed by atoms with Crippen LogP contribution in [0.1, 0.15) is 18.4 Å². The van der Waals surface area contributed by atoms with Crippen LogP contribution in [0.4, 0.5) is 35.3 Å². The van der Waals surface area contributed by atoms with Crippen LogP contribution in [0.5, 0.6) is 0 Å². The molecule has 0 saturated heterocycles. The van der Waals surface area contributed by atoms with E-state index < -0.39 is 23.6 Å². The predicted octanol–water partition coefficient (Wildman–Crippen LogP) is 3.99. The Balaban J connectivity index is 2.06. The van der Waals surface area contributed by atoms with Crippen LogP contribution in [0.3, 0.4) is 0 Å². The van der Waals surface area contributed by atoms with Gasteiger partial charge in [-0.3, -0.25) is 10.3 Å². The highest BCUT2D eigenvalue weighted by Gasteiger charge is 2.29. The molecule has 0 atom stereocenters. The smallest absolute Gasteiger partial charge is 0.320 e. The number of halogens is 3. The zero-order chi connectivity index (χ0) is 21.9. The summed E-state index contributed by atoms with van der Waals surface area (Å²) < 4.78 is 40.7. The largest absolute Gasteiger partial charge is 0.341 e. The molecule has 0 radical (unpaired) electrons. The highest BCUT2D eigenvalue weighted by atomic mass is 19.3. The van der Waals surface area contributed by atoms with E-state index in [4.69, 9.17) is 0 Å². The second-order valence-corrected chi connectivity index (χ2v) is 6.41. The molecule has 0 spiro atoms. The molecule has 11 heteroatoms. The fourth-order valence-electron chi connectivity index (χ4n) is 2.51. The second-order valence-electron chi connectivity index (χ2n) is 6.41. The van der Waals surface area contributed by atoms with Crippen molar-refractivity contribution in [1.82, 2.24) is 25.3 Å². The standard InChI is InChI=1S/C19H18F3N7O/c1-10-6-16(28-17(26-10)19(2,21)22)27-14-7-15(29-18(30)23-3)25-9-12(14)13-5-4-11(20)8-24-13/h4-9H,1-3H3,(H3,23,25,26,27,28,29,30). The van der Waals surface area contributed by atoms with Gasteiger partial charge >= 0.3 is 12.0 Å². The summed E-state index contributed by atoms with van der Waals surface area (Å²) in [6.07, 6.45) is 2.46. The zero-order valence-electron chi connectivity index (χ0n) is 16.3. The highest BCUT2D eigenvalue weighted by molar-refractivity contribution is 5.90. The van der Waals surface area contributed by atoms with Crippen molar-refractivity contribution in [3.63, 3.8) is 0 Å². The molecule has 8 nitrogen and oxygen atoms in total. The van der Waals surface area contributed by atoms with Gasteiger partial charge in [-0.05, 0) is 19.1 Å². The first kappa shape index (κ1) is 21.0. The SMILES string of the molecule is CNC(=O)Nc1cc(Nc2cc(C)nc(C(C)(F)F)n2)c(-c2ccc(F)cn2)cn1. The molecular formula is C19H18F3N7O. The highest BCUT2D eigenvalue weighted by Crippen LogP contribution is 2.31. The number of nitrogens with one attached hydrogen (secondary N) is 3. The Morgan fingerprint density at radius 2 is 1.83 bits per heavy atom. The van der Waals surface area contributed by atoms with Crippen LogP contribution in [0.15, 0.2) is 36.7 Å². The Morgan fingerprint density at radius 1 is 1.07 bits per heavy atom.